The molecular formula is C21H27ClN4O4. The molecule has 1 fully saturated rings. The van der Waals surface area contributed by atoms with Gasteiger partial charge in [0, 0.05) is 40.3 Å². The van der Waals surface area contributed by atoms with E-state index < -0.39 is 17.0 Å². The Kier molecular flexibility index (Phi) is 8.58. The highest BCUT2D eigenvalue weighted by Crippen LogP contribution is 2.11. The lowest BCUT2D eigenvalue weighted by atomic mass is 10.1. The van der Waals surface area contributed by atoms with Gasteiger partial charge >= 0.3 is 5.69 Å². The fourth-order valence-electron chi connectivity index (χ4n) is 3.25. The van der Waals surface area contributed by atoms with E-state index in [1.807, 2.05) is 30.3 Å². The van der Waals surface area contributed by atoms with E-state index in [2.05, 4.69) is 10.2 Å². The van der Waals surface area contributed by atoms with Gasteiger partial charge in [-0.1, -0.05) is 36.4 Å². The predicted octanol–water partition coefficient (Wildman–Crippen LogP) is 1.15. The van der Waals surface area contributed by atoms with Crippen molar-refractivity contribution in [1.82, 2.24) is 14.0 Å². The summed E-state index contributed by atoms with van der Waals surface area (Å²) in [5, 5.41) is 3.13. The Hall–Kier alpha value is -2.68. The zero-order valence-electron chi connectivity index (χ0n) is 17.2. The number of rotatable bonds is 7. The minimum absolute atomic E-state index is 0. The molecule has 0 spiro atoms. The number of nitrogens with one attached hydrogen (secondary N) is 1. The van der Waals surface area contributed by atoms with Crippen molar-refractivity contribution in [2.45, 2.75) is 0 Å². The van der Waals surface area contributed by atoms with E-state index in [4.69, 9.17) is 4.74 Å². The lowest BCUT2D eigenvalue weighted by Gasteiger charge is -2.27. The summed E-state index contributed by atoms with van der Waals surface area (Å²) in [7, 11) is 2.93. The lowest BCUT2D eigenvalue weighted by molar-refractivity contribution is 0.0398. The summed E-state index contributed by atoms with van der Waals surface area (Å²) >= 11 is 0. The first kappa shape index (κ1) is 23.6. The standard InChI is InChI=1S/C21H26N4O4.ClH/c1-23-19(22-10-11-25-12-14-29-15-13-25)18(20(27)24(2)21(23)28)17(26)9-8-16-6-4-3-5-7-16;/h3-9,22H,10-15H2,1-2H3;1H/b9-8+;. The maximum Gasteiger partial charge on any atom is 0.332 e. The molecule has 1 saturated heterocycles. The van der Waals surface area contributed by atoms with E-state index in [1.54, 1.807) is 13.1 Å². The molecular weight excluding hydrogens is 408 g/mol. The summed E-state index contributed by atoms with van der Waals surface area (Å²) in [5.74, 6) is -0.201. The van der Waals surface area contributed by atoms with Crippen LogP contribution in [0.15, 0.2) is 46.0 Å². The summed E-state index contributed by atoms with van der Waals surface area (Å²) in [6.45, 7) is 4.28. The Morgan fingerprint density at radius 3 is 2.43 bits per heavy atom. The molecule has 3 rings (SSSR count). The molecule has 1 aliphatic heterocycles. The highest BCUT2D eigenvalue weighted by atomic mass is 35.5. The van der Waals surface area contributed by atoms with Crippen LogP contribution in [-0.2, 0) is 18.8 Å². The maximum absolute atomic E-state index is 12.9. The molecule has 162 valence electrons. The molecule has 8 nitrogen and oxygen atoms in total. The van der Waals surface area contributed by atoms with E-state index in [-0.39, 0.29) is 23.8 Å². The molecule has 2 aromatic rings. The van der Waals surface area contributed by atoms with E-state index in [0.717, 1.165) is 29.8 Å². The van der Waals surface area contributed by atoms with Crippen LogP contribution >= 0.6 is 12.4 Å². The first-order valence-corrected chi connectivity index (χ1v) is 9.60. The van der Waals surface area contributed by atoms with Crippen molar-refractivity contribution < 1.29 is 9.53 Å². The number of halogens is 1. The molecule has 0 bridgehead atoms. The average Bonchev–Trinajstić information content (AvgIpc) is 2.75. The molecule has 1 aliphatic rings. The van der Waals surface area contributed by atoms with E-state index in [9.17, 15) is 14.4 Å². The summed E-state index contributed by atoms with van der Waals surface area (Å²) < 4.78 is 7.60. The number of aromatic nitrogens is 2. The van der Waals surface area contributed by atoms with Crippen LogP contribution in [0.1, 0.15) is 15.9 Å². The third-order valence-corrected chi connectivity index (χ3v) is 4.96. The molecule has 9 heteroatoms. The largest absolute Gasteiger partial charge is 0.379 e. The molecule has 0 amide bonds. The Labute approximate surface area is 181 Å². The number of carbonyl (C=O) groups is 1. The van der Waals surface area contributed by atoms with Crippen LogP contribution in [0.3, 0.4) is 0 Å². The Balaban J connectivity index is 0.00000320. The van der Waals surface area contributed by atoms with E-state index in [1.165, 1.54) is 17.7 Å². The van der Waals surface area contributed by atoms with Crippen molar-refractivity contribution in [2.24, 2.45) is 14.1 Å². The lowest BCUT2D eigenvalue weighted by Crippen LogP contribution is -2.43. The molecule has 2 heterocycles. The highest BCUT2D eigenvalue weighted by Gasteiger charge is 2.20. The number of benzene rings is 1. The normalized spacial score (nSPS) is 14.5. The van der Waals surface area contributed by atoms with Gasteiger partial charge in [0.15, 0.2) is 5.78 Å². The Morgan fingerprint density at radius 1 is 1.10 bits per heavy atom. The van der Waals surface area contributed by atoms with Gasteiger partial charge in [-0.2, -0.15) is 0 Å². The Morgan fingerprint density at radius 2 is 1.77 bits per heavy atom. The van der Waals surface area contributed by atoms with Crippen LogP contribution in [0.2, 0.25) is 0 Å². The van der Waals surface area contributed by atoms with Crippen molar-refractivity contribution in [3.63, 3.8) is 0 Å². The summed E-state index contributed by atoms with van der Waals surface area (Å²) in [6.07, 6.45) is 3.02. The third-order valence-electron chi connectivity index (χ3n) is 4.96. The number of morpholine rings is 1. The fraction of sp³-hybridized carbons (Fsp3) is 0.381. The van der Waals surface area contributed by atoms with Gasteiger partial charge < -0.3 is 10.1 Å². The van der Waals surface area contributed by atoms with Gasteiger partial charge in [0.25, 0.3) is 5.56 Å². The van der Waals surface area contributed by atoms with Crippen LogP contribution in [-0.4, -0.2) is 59.2 Å². The van der Waals surface area contributed by atoms with Crippen LogP contribution in [0.5, 0.6) is 0 Å². The number of ketones is 1. The van der Waals surface area contributed by atoms with Crippen molar-refractivity contribution in [3.8, 4) is 0 Å². The molecule has 0 aliphatic carbocycles. The second kappa shape index (κ2) is 10.9. The van der Waals surface area contributed by atoms with Crippen LogP contribution in [0.4, 0.5) is 5.82 Å². The zero-order valence-corrected chi connectivity index (χ0v) is 18.0. The van der Waals surface area contributed by atoms with Gasteiger partial charge in [-0.15, -0.1) is 12.4 Å². The van der Waals surface area contributed by atoms with Crippen molar-refractivity contribution in [1.29, 1.82) is 0 Å². The molecule has 0 unspecified atom stereocenters. The van der Waals surface area contributed by atoms with Gasteiger partial charge in [0.1, 0.15) is 11.4 Å². The number of allylic oxidation sites excluding steroid dienone is 1. The number of nitrogens with zero attached hydrogens (tertiary/aromatic N) is 3. The second-order valence-corrected chi connectivity index (χ2v) is 6.92. The zero-order chi connectivity index (χ0) is 20.8. The predicted molar refractivity (Wildman–Crippen MR) is 120 cm³/mol. The highest BCUT2D eigenvalue weighted by molar-refractivity contribution is 6.09. The summed E-state index contributed by atoms with van der Waals surface area (Å²) in [6, 6.07) is 9.36. The maximum atomic E-state index is 12.9. The van der Waals surface area contributed by atoms with Gasteiger partial charge in [-0.05, 0) is 11.6 Å². The van der Waals surface area contributed by atoms with Gasteiger partial charge in [-0.25, -0.2) is 4.79 Å². The summed E-state index contributed by atoms with van der Waals surface area (Å²) in [5.41, 5.74) is -0.273. The minimum Gasteiger partial charge on any atom is -0.379 e. The number of carbonyl (C=O) groups excluding carboxylic acids is 1. The molecule has 1 aromatic heterocycles. The SMILES string of the molecule is Cl.Cn1c(NCCN2CCOCC2)c(C(=O)/C=C/c2ccccc2)c(=O)n(C)c1=O. The van der Waals surface area contributed by atoms with Gasteiger partial charge in [0.05, 0.1) is 13.2 Å². The smallest absolute Gasteiger partial charge is 0.332 e. The topological polar surface area (TPSA) is 85.6 Å². The van der Waals surface area contributed by atoms with Gasteiger partial charge in [-0.3, -0.25) is 23.6 Å². The van der Waals surface area contributed by atoms with Crippen LogP contribution in [0.25, 0.3) is 6.08 Å². The fourth-order valence-corrected chi connectivity index (χ4v) is 3.25. The molecule has 1 N–H and O–H groups in total. The quantitative estimate of drug-likeness (QED) is 0.519. The van der Waals surface area contributed by atoms with E-state index in [0.29, 0.717) is 19.8 Å². The van der Waals surface area contributed by atoms with Crippen molar-refractivity contribution in [3.05, 3.63) is 68.4 Å². The number of anilines is 1. The van der Waals surface area contributed by atoms with Crippen molar-refractivity contribution in [2.75, 3.05) is 44.7 Å². The minimum atomic E-state index is -0.607. The van der Waals surface area contributed by atoms with Crippen molar-refractivity contribution >= 4 is 30.1 Å². The number of hydrogen-bond acceptors (Lipinski definition) is 6. The monoisotopic (exact) mass is 434 g/mol. The number of hydrogen-bond donors (Lipinski definition) is 1. The molecule has 1 aromatic carbocycles. The molecule has 0 saturated carbocycles. The van der Waals surface area contributed by atoms with Crippen LogP contribution < -0.4 is 16.6 Å². The average molecular weight is 435 g/mol. The molecule has 0 atom stereocenters. The third kappa shape index (κ3) is 5.47. The number of ether oxygens (including phenoxy) is 1. The van der Waals surface area contributed by atoms with Gasteiger partial charge in [0.2, 0.25) is 0 Å². The molecule has 30 heavy (non-hydrogen) atoms. The second-order valence-electron chi connectivity index (χ2n) is 6.92. The first-order valence-electron chi connectivity index (χ1n) is 9.60. The first-order chi connectivity index (χ1) is 14.0. The van der Waals surface area contributed by atoms with E-state index >= 15 is 0 Å². The summed E-state index contributed by atoms with van der Waals surface area (Å²) in [4.78, 5) is 40.2. The molecule has 0 radical (unpaired) electrons. The van der Waals surface area contributed by atoms with Crippen LogP contribution in [0, 0.1) is 0 Å². The Bertz CT molecular complexity index is 1010.